The van der Waals surface area contributed by atoms with Crippen LogP contribution in [0.2, 0.25) is 0 Å². The Balaban J connectivity index is 1.21. The lowest BCUT2D eigenvalue weighted by molar-refractivity contribution is 0.101. The van der Waals surface area contributed by atoms with Crippen LogP contribution in [0.15, 0.2) is 127 Å². The van der Waals surface area contributed by atoms with Crippen molar-refractivity contribution < 1.29 is 49.8 Å². The summed E-state index contributed by atoms with van der Waals surface area (Å²) in [5.41, 5.74) is 15.4. The molecule has 0 aromatic heterocycles. The molecule has 4 amide bonds. The number of carbonyl (C=O) groups excluding carboxylic acids is 3. The van der Waals surface area contributed by atoms with Gasteiger partial charge in [0.15, 0.2) is 0 Å². The Bertz CT molecular complexity index is 3090. The molecule has 68 heavy (non-hydrogen) atoms. The van der Waals surface area contributed by atoms with Gasteiger partial charge in [0.25, 0.3) is 32.1 Å². The summed E-state index contributed by atoms with van der Waals surface area (Å²) in [6.45, 7) is 6.50. The molecule has 0 heterocycles. The van der Waals surface area contributed by atoms with E-state index in [0.29, 0.717) is 33.6 Å². The number of ether oxygens (including phenoxy) is 2. The lowest BCUT2D eigenvalue weighted by Crippen LogP contribution is -2.20. The maximum atomic E-state index is 13.4. The van der Waals surface area contributed by atoms with Crippen LogP contribution in [0, 0.1) is 27.7 Å². The van der Waals surface area contributed by atoms with Gasteiger partial charge in [-0.05, 0) is 112 Å². The van der Waals surface area contributed by atoms with Crippen LogP contribution in [0.5, 0.6) is 11.5 Å². The smallest absolute Gasteiger partial charge is 0.323 e. The van der Waals surface area contributed by atoms with Gasteiger partial charge in [-0.2, -0.15) is 37.3 Å². The van der Waals surface area contributed by atoms with Gasteiger partial charge in [0.05, 0.1) is 58.1 Å². The summed E-state index contributed by atoms with van der Waals surface area (Å²) in [5, 5.41) is 27.8. The third-order valence-corrected chi connectivity index (χ3v) is 11.8. The molecule has 0 bridgehead atoms. The van der Waals surface area contributed by atoms with Gasteiger partial charge in [-0.15, -0.1) is 0 Å². The highest BCUT2D eigenvalue weighted by atomic mass is 32.2. The number of nitrogens with one attached hydrogen (secondary N) is 4. The van der Waals surface area contributed by atoms with Crippen LogP contribution in [0.3, 0.4) is 0 Å². The third-order valence-electron chi connectivity index (χ3n) is 10.2. The molecular weight excluding hydrogens is 921 g/mol. The molecule has 0 radical (unpaired) electrons. The van der Waals surface area contributed by atoms with Crippen LogP contribution in [-0.2, 0) is 20.2 Å². The molecule has 0 spiro atoms. The fraction of sp³-hybridized carbons (Fsp3) is 0.133. The van der Waals surface area contributed by atoms with Crippen molar-refractivity contribution in [1.29, 1.82) is 0 Å². The third kappa shape index (κ3) is 11.8. The van der Waals surface area contributed by atoms with Crippen LogP contribution in [0.4, 0.5) is 61.7 Å². The second-order valence-electron chi connectivity index (χ2n) is 15.0. The SMILES string of the molecule is COc1cc(N=Nc2cc(S(=O)(=O)O)cc(NC(=O)c3cccc(N)c3)c2C)c(C)cc1NC(=O)Nc1cc(C)c(N=Nc2cc(S(=O)(=O)O)cc(NC(=O)c3cccc(N)c3)c2C)cc1OC. The van der Waals surface area contributed by atoms with E-state index < -0.39 is 47.9 Å². The monoisotopic (exact) mass is 964 g/mol. The molecule has 0 unspecified atom stereocenters. The van der Waals surface area contributed by atoms with E-state index in [1.54, 1.807) is 64.1 Å². The fourth-order valence-corrected chi connectivity index (χ4v) is 7.51. The van der Waals surface area contributed by atoms with E-state index in [1.165, 1.54) is 50.6 Å². The number of carbonyl (C=O) groups is 3. The van der Waals surface area contributed by atoms with Crippen molar-refractivity contribution in [3.8, 4) is 11.5 Å². The maximum absolute atomic E-state index is 13.4. The van der Waals surface area contributed by atoms with Gasteiger partial charge in [0.2, 0.25) is 0 Å². The summed E-state index contributed by atoms with van der Waals surface area (Å²) >= 11 is 0. The number of anilines is 6. The first-order valence-corrected chi connectivity index (χ1v) is 22.8. The summed E-state index contributed by atoms with van der Waals surface area (Å²) in [4.78, 5) is 38.4. The molecular formula is C45H44N10O11S2. The zero-order valence-electron chi connectivity index (χ0n) is 37.1. The van der Waals surface area contributed by atoms with E-state index in [-0.39, 0.29) is 68.1 Å². The number of nitrogen functional groups attached to an aromatic ring is 2. The van der Waals surface area contributed by atoms with Gasteiger partial charge in [-0.1, -0.05) is 12.1 Å². The van der Waals surface area contributed by atoms with Gasteiger partial charge >= 0.3 is 6.03 Å². The molecule has 10 N–H and O–H groups in total. The first-order chi connectivity index (χ1) is 32.0. The highest BCUT2D eigenvalue weighted by molar-refractivity contribution is 7.86. The van der Waals surface area contributed by atoms with Gasteiger partial charge < -0.3 is 42.2 Å². The predicted octanol–water partition coefficient (Wildman–Crippen LogP) is 9.57. The minimum Gasteiger partial charge on any atom is -0.494 e. The lowest BCUT2D eigenvalue weighted by atomic mass is 10.1. The average molecular weight is 965 g/mol. The zero-order valence-corrected chi connectivity index (χ0v) is 38.7. The van der Waals surface area contributed by atoms with Crippen LogP contribution >= 0.6 is 0 Å². The van der Waals surface area contributed by atoms with Crippen molar-refractivity contribution in [3.05, 3.63) is 130 Å². The highest BCUT2D eigenvalue weighted by Gasteiger charge is 2.21. The van der Waals surface area contributed by atoms with Crippen molar-refractivity contribution in [2.45, 2.75) is 37.5 Å². The number of nitrogens with zero attached hydrogens (tertiary/aromatic N) is 4. The van der Waals surface area contributed by atoms with E-state index in [2.05, 4.69) is 41.7 Å². The second kappa shape index (κ2) is 20.1. The normalized spacial score (nSPS) is 11.6. The molecule has 352 valence electrons. The Morgan fingerprint density at radius 3 is 1.21 bits per heavy atom. The molecule has 0 aliphatic rings. The van der Waals surface area contributed by atoms with Gasteiger partial charge in [0, 0.05) is 57.1 Å². The van der Waals surface area contributed by atoms with Crippen LogP contribution in [0.25, 0.3) is 0 Å². The maximum Gasteiger partial charge on any atom is 0.323 e. The standard InChI is InChI=1S/C45H44N10O11S2/c1-23-13-39(41(65-5)21-33(23)52-54-37-19-31(67(59,60)61)17-35(25(37)3)48-43(56)27-9-7-11-29(46)15-27)50-45(58)51-40-14-24(2)34(22-42(40)66-6)53-55-38-20-32(68(62,63)64)18-36(26(38)4)49-44(57)28-10-8-12-30(47)16-28/h7-22H,46-47H2,1-6H3,(H,48,56)(H,49,57)(H2,50,51,58)(H,59,60,61)(H,62,63,64). The van der Waals surface area contributed by atoms with E-state index in [0.717, 1.165) is 24.3 Å². The lowest BCUT2D eigenvalue weighted by Gasteiger charge is -2.16. The fourth-order valence-electron chi connectivity index (χ4n) is 6.45. The van der Waals surface area contributed by atoms with Gasteiger partial charge in [0.1, 0.15) is 11.5 Å². The van der Waals surface area contributed by atoms with Crippen LogP contribution < -0.4 is 42.2 Å². The molecule has 0 saturated carbocycles. The Kier molecular flexibility index (Phi) is 14.5. The van der Waals surface area contributed by atoms with Crippen molar-refractivity contribution in [1.82, 2.24) is 0 Å². The number of rotatable bonds is 14. The molecule has 21 nitrogen and oxygen atoms in total. The number of nitrogens with two attached hydrogens (primary N) is 2. The molecule has 0 atom stereocenters. The van der Waals surface area contributed by atoms with Crippen LogP contribution in [-0.4, -0.2) is 58.0 Å². The summed E-state index contributed by atoms with van der Waals surface area (Å²) in [6.07, 6.45) is 0. The second-order valence-corrected chi connectivity index (χ2v) is 17.8. The molecule has 6 rings (SSSR count). The van der Waals surface area contributed by atoms with Gasteiger partial charge in [-0.3, -0.25) is 18.7 Å². The summed E-state index contributed by atoms with van der Waals surface area (Å²) in [6, 6.07) is 22.0. The molecule has 0 fully saturated rings. The molecule has 0 saturated heterocycles. The topological polar surface area (TPSA) is 328 Å². The van der Waals surface area contributed by atoms with Crippen molar-refractivity contribution >= 4 is 95.0 Å². The molecule has 6 aromatic carbocycles. The van der Waals surface area contributed by atoms with E-state index in [4.69, 9.17) is 20.9 Å². The number of benzene rings is 6. The summed E-state index contributed by atoms with van der Waals surface area (Å²) in [5.74, 6) is -0.853. The van der Waals surface area contributed by atoms with Crippen LogP contribution in [0.1, 0.15) is 43.0 Å². The number of aryl methyl sites for hydroxylation is 2. The van der Waals surface area contributed by atoms with Crippen molar-refractivity contribution in [3.63, 3.8) is 0 Å². The minimum atomic E-state index is -4.75. The number of hydrogen-bond donors (Lipinski definition) is 8. The number of azo groups is 2. The zero-order chi connectivity index (χ0) is 49.7. The van der Waals surface area contributed by atoms with E-state index in [1.807, 2.05) is 0 Å². The molecule has 23 heteroatoms. The minimum absolute atomic E-state index is 0.00592. The Morgan fingerprint density at radius 2 is 0.868 bits per heavy atom. The van der Waals surface area contributed by atoms with Crippen molar-refractivity contribution in [2.24, 2.45) is 20.5 Å². The van der Waals surface area contributed by atoms with Gasteiger partial charge in [-0.25, -0.2) is 4.79 Å². The summed E-state index contributed by atoms with van der Waals surface area (Å²) in [7, 11) is -6.77. The molecule has 6 aromatic rings. The highest BCUT2D eigenvalue weighted by Crippen LogP contribution is 2.39. The Labute approximate surface area is 390 Å². The Morgan fingerprint density at radius 1 is 0.500 bits per heavy atom. The Hall–Kier alpha value is -8.25. The first kappa shape index (κ1) is 49.2. The number of urea groups is 1. The summed E-state index contributed by atoms with van der Waals surface area (Å²) < 4.78 is 79.7. The molecule has 0 aliphatic heterocycles. The van der Waals surface area contributed by atoms with E-state index in [9.17, 15) is 40.3 Å². The molecule has 0 aliphatic carbocycles. The first-order valence-electron chi connectivity index (χ1n) is 19.9. The number of methoxy groups -OCH3 is 2. The van der Waals surface area contributed by atoms with Crippen molar-refractivity contribution in [2.75, 3.05) is 47.0 Å². The quantitative estimate of drug-likeness (QED) is 0.0287. The largest absolute Gasteiger partial charge is 0.494 e. The number of hydrogen-bond acceptors (Lipinski definition) is 15. The number of amides is 4. The average Bonchev–Trinajstić information content (AvgIpc) is 3.27. The predicted molar refractivity (Wildman–Crippen MR) is 256 cm³/mol. The van der Waals surface area contributed by atoms with E-state index >= 15 is 0 Å².